The van der Waals surface area contributed by atoms with Gasteiger partial charge in [0.2, 0.25) is 5.91 Å². The van der Waals surface area contributed by atoms with Crippen LogP contribution in [0.2, 0.25) is 0 Å². The van der Waals surface area contributed by atoms with Crippen molar-refractivity contribution in [2.75, 3.05) is 5.32 Å². The van der Waals surface area contributed by atoms with Gasteiger partial charge in [-0.15, -0.1) is 0 Å². The molecule has 82 valence electrons. The van der Waals surface area contributed by atoms with E-state index in [9.17, 15) is 9.59 Å². The minimum atomic E-state index is -0.613. The summed E-state index contributed by atoms with van der Waals surface area (Å²) in [6.07, 6.45) is 3.09. The summed E-state index contributed by atoms with van der Waals surface area (Å²) in [5.41, 5.74) is 4.81. The Labute approximate surface area is 87.1 Å². The molecule has 0 saturated carbocycles. The molecule has 1 rings (SSSR count). The Morgan fingerprint density at radius 2 is 2.40 bits per heavy atom. The number of nitrogens with zero attached hydrogens (tertiary/aromatic N) is 2. The molecule has 6 heteroatoms. The van der Waals surface area contributed by atoms with Crippen LogP contribution in [-0.4, -0.2) is 21.5 Å². The first kappa shape index (κ1) is 11.2. The number of carbonyl (C=O) groups is 1. The molecule has 0 radical (unpaired) electrons. The van der Waals surface area contributed by atoms with Crippen molar-refractivity contribution >= 4 is 11.7 Å². The number of hydrogen-bond acceptors (Lipinski definition) is 4. The minimum Gasteiger partial charge on any atom is -0.368 e. The minimum absolute atomic E-state index is 0.144. The van der Waals surface area contributed by atoms with Gasteiger partial charge in [0.25, 0.3) is 5.56 Å². The molecule has 0 aliphatic heterocycles. The van der Waals surface area contributed by atoms with E-state index in [-0.39, 0.29) is 11.4 Å². The largest absolute Gasteiger partial charge is 0.368 e. The number of aryl methyl sites for hydroxylation is 1. The molecule has 3 N–H and O–H groups in total. The van der Waals surface area contributed by atoms with E-state index >= 15 is 0 Å². The number of amides is 1. The van der Waals surface area contributed by atoms with Crippen molar-refractivity contribution in [2.45, 2.75) is 26.4 Å². The molecule has 0 fully saturated rings. The molecular formula is C9H14N4O2. The Balaban J connectivity index is 2.96. The lowest BCUT2D eigenvalue weighted by molar-refractivity contribution is -0.118. The maximum atomic E-state index is 11.6. The molecule has 0 bridgehead atoms. The van der Waals surface area contributed by atoms with Crippen molar-refractivity contribution in [3.8, 4) is 0 Å². The molecule has 0 aliphatic rings. The van der Waals surface area contributed by atoms with Crippen molar-refractivity contribution in [2.24, 2.45) is 5.73 Å². The van der Waals surface area contributed by atoms with E-state index in [1.165, 1.54) is 10.8 Å². The number of hydrogen-bond donors (Lipinski definition) is 2. The highest BCUT2D eigenvalue weighted by Crippen LogP contribution is 1.96. The summed E-state index contributed by atoms with van der Waals surface area (Å²) in [7, 11) is 0. The predicted molar refractivity (Wildman–Crippen MR) is 56.5 cm³/mol. The van der Waals surface area contributed by atoms with Crippen LogP contribution in [0, 0.1) is 0 Å². The second-order valence-corrected chi connectivity index (χ2v) is 3.14. The summed E-state index contributed by atoms with van der Waals surface area (Å²) in [4.78, 5) is 26.3. The molecule has 0 spiro atoms. The average molecular weight is 210 g/mol. The van der Waals surface area contributed by atoms with E-state index in [2.05, 4.69) is 10.3 Å². The third-order valence-corrected chi connectivity index (χ3v) is 2.03. The summed E-state index contributed by atoms with van der Waals surface area (Å²) in [6.45, 7) is 3.98. The van der Waals surface area contributed by atoms with E-state index in [0.717, 1.165) is 0 Å². The molecule has 0 aliphatic carbocycles. The van der Waals surface area contributed by atoms with Gasteiger partial charge < -0.3 is 15.6 Å². The van der Waals surface area contributed by atoms with Gasteiger partial charge in [-0.05, 0) is 13.8 Å². The second kappa shape index (κ2) is 4.59. The van der Waals surface area contributed by atoms with Crippen LogP contribution < -0.4 is 16.6 Å². The van der Waals surface area contributed by atoms with Crippen LogP contribution in [0.3, 0.4) is 0 Å². The topological polar surface area (TPSA) is 90.0 Å². The lowest BCUT2D eigenvalue weighted by atomic mass is 10.3. The van der Waals surface area contributed by atoms with Crippen LogP contribution in [-0.2, 0) is 11.3 Å². The van der Waals surface area contributed by atoms with Gasteiger partial charge in [0, 0.05) is 18.9 Å². The van der Waals surface area contributed by atoms with Crippen molar-refractivity contribution in [1.29, 1.82) is 0 Å². The first-order chi connectivity index (χ1) is 7.06. The Morgan fingerprint density at radius 3 is 2.93 bits per heavy atom. The van der Waals surface area contributed by atoms with Crippen molar-refractivity contribution in [3.05, 3.63) is 22.7 Å². The number of nitrogens with one attached hydrogen (secondary N) is 1. The number of anilines is 1. The Morgan fingerprint density at radius 1 is 1.73 bits per heavy atom. The van der Waals surface area contributed by atoms with Gasteiger partial charge in [0.05, 0.1) is 0 Å². The van der Waals surface area contributed by atoms with E-state index in [1.807, 2.05) is 6.92 Å². The molecule has 1 atom stereocenters. The van der Waals surface area contributed by atoms with Crippen LogP contribution in [0.15, 0.2) is 17.2 Å². The second-order valence-electron chi connectivity index (χ2n) is 3.14. The van der Waals surface area contributed by atoms with Gasteiger partial charge in [-0.1, -0.05) is 0 Å². The monoisotopic (exact) mass is 210 g/mol. The molecule has 0 saturated heterocycles. The van der Waals surface area contributed by atoms with Crippen molar-refractivity contribution in [3.63, 3.8) is 0 Å². The molecule has 1 amide bonds. The number of rotatable bonds is 4. The van der Waals surface area contributed by atoms with E-state index in [0.29, 0.717) is 6.54 Å². The summed E-state index contributed by atoms with van der Waals surface area (Å²) in [5, 5.41) is 2.67. The fraction of sp³-hybridized carbons (Fsp3) is 0.444. The third kappa shape index (κ3) is 2.55. The SMILES string of the molecule is CCn1ccnc(NC(C)C(N)=O)c1=O. The highest BCUT2D eigenvalue weighted by atomic mass is 16.1. The van der Waals surface area contributed by atoms with Gasteiger partial charge in [-0.3, -0.25) is 9.59 Å². The lowest BCUT2D eigenvalue weighted by Gasteiger charge is -2.10. The number of carbonyl (C=O) groups excluding carboxylic acids is 1. The molecule has 0 aromatic carbocycles. The van der Waals surface area contributed by atoms with Crippen LogP contribution in [0.5, 0.6) is 0 Å². The zero-order chi connectivity index (χ0) is 11.4. The van der Waals surface area contributed by atoms with Crippen molar-refractivity contribution < 1.29 is 4.79 Å². The molecule has 1 aromatic heterocycles. The van der Waals surface area contributed by atoms with Crippen LogP contribution >= 0.6 is 0 Å². The molecule has 1 unspecified atom stereocenters. The number of nitrogens with two attached hydrogens (primary N) is 1. The Hall–Kier alpha value is -1.85. The average Bonchev–Trinajstić information content (AvgIpc) is 2.21. The van der Waals surface area contributed by atoms with Gasteiger partial charge in [-0.25, -0.2) is 4.98 Å². The zero-order valence-corrected chi connectivity index (χ0v) is 8.73. The summed E-state index contributed by atoms with van der Waals surface area (Å²) in [5.74, 6) is -0.381. The Bertz CT molecular complexity index is 413. The first-order valence-electron chi connectivity index (χ1n) is 4.67. The van der Waals surface area contributed by atoms with Crippen molar-refractivity contribution in [1.82, 2.24) is 9.55 Å². The van der Waals surface area contributed by atoms with Gasteiger partial charge >= 0.3 is 0 Å². The summed E-state index contributed by atoms with van der Waals surface area (Å²) < 4.78 is 1.49. The fourth-order valence-corrected chi connectivity index (χ4v) is 1.07. The number of aromatic nitrogens is 2. The maximum Gasteiger partial charge on any atom is 0.293 e. The van der Waals surface area contributed by atoms with Crippen LogP contribution in [0.4, 0.5) is 5.82 Å². The van der Waals surface area contributed by atoms with E-state index in [1.54, 1.807) is 13.1 Å². The molecule has 1 heterocycles. The standard InChI is InChI=1S/C9H14N4O2/c1-3-13-5-4-11-8(9(13)15)12-6(2)7(10)14/h4-6H,3H2,1-2H3,(H2,10,14)(H,11,12). The van der Waals surface area contributed by atoms with Gasteiger partial charge in [0.1, 0.15) is 6.04 Å². The maximum absolute atomic E-state index is 11.6. The normalized spacial score (nSPS) is 12.1. The molecule has 1 aromatic rings. The molecule has 15 heavy (non-hydrogen) atoms. The van der Waals surface area contributed by atoms with Gasteiger partial charge in [-0.2, -0.15) is 0 Å². The summed E-state index contributed by atoms with van der Waals surface area (Å²) >= 11 is 0. The van der Waals surface area contributed by atoms with Crippen LogP contribution in [0.1, 0.15) is 13.8 Å². The van der Waals surface area contributed by atoms with E-state index in [4.69, 9.17) is 5.73 Å². The highest BCUT2D eigenvalue weighted by molar-refractivity contribution is 5.82. The highest BCUT2D eigenvalue weighted by Gasteiger charge is 2.11. The quantitative estimate of drug-likeness (QED) is 0.704. The first-order valence-corrected chi connectivity index (χ1v) is 4.67. The fourth-order valence-electron chi connectivity index (χ4n) is 1.07. The lowest BCUT2D eigenvalue weighted by Crippen LogP contribution is -2.36. The molecule has 6 nitrogen and oxygen atoms in total. The third-order valence-electron chi connectivity index (χ3n) is 2.03. The Kier molecular flexibility index (Phi) is 3.43. The molecular weight excluding hydrogens is 196 g/mol. The summed E-state index contributed by atoms with van der Waals surface area (Å²) in [6, 6.07) is -0.613. The van der Waals surface area contributed by atoms with Gasteiger partial charge in [0.15, 0.2) is 5.82 Å². The smallest absolute Gasteiger partial charge is 0.293 e. The zero-order valence-electron chi connectivity index (χ0n) is 8.73. The van der Waals surface area contributed by atoms with E-state index < -0.39 is 11.9 Å². The number of primary amides is 1. The predicted octanol–water partition coefficient (Wildman–Crippen LogP) is -0.451. The van der Waals surface area contributed by atoms with Crippen LogP contribution in [0.25, 0.3) is 0 Å².